The van der Waals surface area contributed by atoms with Gasteiger partial charge in [0.15, 0.2) is 0 Å². The molecule has 0 aliphatic carbocycles. The Kier molecular flexibility index (Phi) is 7.38. The van der Waals surface area contributed by atoms with Crippen molar-refractivity contribution in [3.8, 4) is 67.0 Å². The van der Waals surface area contributed by atoms with Crippen LogP contribution in [-0.2, 0) is 0 Å². The van der Waals surface area contributed by atoms with Crippen LogP contribution in [0.3, 0.4) is 0 Å². The highest BCUT2D eigenvalue weighted by molar-refractivity contribution is 7.26. The first-order valence-corrected chi connectivity index (χ1v) is 17.3. The second-order valence-electron chi connectivity index (χ2n) is 12.2. The molecule has 0 amide bonds. The predicted octanol–water partition coefficient (Wildman–Crippen LogP) is 12.8. The van der Waals surface area contributed by atoms with Gasteiger partial charge >= 0.3 is 0 Å². The van der Waals surface area contributed by atoms with Crippen LogP contribution in [0.4, 0.5) is 0 Å². The van der Waals surface area contributed by atoms with Gasteiger partial charge in [-0.25, -0.2) is 0 Å². The maximum absolute atomic E-state index is 4.74. The first-order chi connectivity index (χ1) is 24.3. The number of pyridine rings is 2. The van der Waals surface area contributed by atoms with E-state index in [0.29, 0.717) is 0 Å². The Morgan fingerprint density at radius 2 is 0.673 bits per heavy atom. The summed E-state index contributed by atoms with van der Waals surface area (Å²) in [6.45, 7) is 0. The third-order valence-corrected chi connectivity index (χ3v) is 10.5. The Balaban J connectivity index is 1.01. The summed E-state index contributed by atoms with van der Waals surface area (Å²) in [4.78, 5) is 9.47. The van der Waals surface area contributed by atoms with Crippen molar-refractivity contribution >= 4 is 31.5 Å². The molecule has 0 bridgehead atoms. The van der Waals surface area contributed by atoms with Crippen molar-refractivity contribution in [2.45, 2.75) is 0 Å². The summed E-state index contributed by atoms with van der Waals surface area (Å²) < 4.78 is 2.63. The zero-order valence-electron chi connectivity index (χ0n) is 26.6. The molecule has 0 fully saturated rings. The fourth-order valence-corrected chi connectivity index (χ4v) is 8.02. The van der Waals surface area contributed by atoms with E-state index in [1.807, 2.05) is 60.1 Å². The van der Waals surface area contributed by atoms with Crippen molar-refractivity contribution in [1.82, 2.24) is 9.97 Å². The Morgan fingerprint density at radius 1 is 0.286 bits per heavy atom. The molecule has 0 saturated heterocycles. The van der Waals surface area contributed by atoms with Gasteiger partial charge in [-0.05, 0) is 45.5 Å². The molecule has 0 N–H and O–H groups in total. The molecule has 3 heterocycles. The molecule has 0 atom stereocenters. The molecule has 0 radical (unpaired) electrons. The lowest BCUT2D eigenvalue weighted by Crippen LogP contribution is -1.85. The van der Waals surface area contributed by atoms with E-state index in [9.17, 15) is 0 Å². The predicted molar refractivity (Wildman–Crippen MR) is 208 cm³/mol. The number of thiophene rings is 1. The van der Waals surface area contributed by atoms with Gasteiger partial charge in [-0.1, -0.05) is 158 Å². The van der Waals surface area contributed by atoms with Crippen molar-refractivity contribution in [3.63, 3.8) is 0 Å². The summed E-state index contributed by atoms with van der Waals surface area (Å²) in [5.74, 6) is 0. The number of nitrogens with zero attached hydrogens (tertiary/aromatic N) is 2. The van der Waals surface area contributed by atoms with Crippen LogP contribution in [-0.4, -0.2) is 9.97 Å². The van der Waals surface area contributed by atoms with E-state index >= 15 is 0 Å². The summed E-state index contributed by atoms with van der Waals surface area (Å²) in [5.41, 5.74) is 13.7. The van der Waals surface area contributed by atoms with Gasteiger partial charge in [-0.2, -0.15) is 0 Å². The zero-order valence-corrected chi connectivity index (χ0v) is 27.4. The summed E-state index contributed by atoms with van der Waals surface area (Å²) >= 11 is 1.88. The molecule has 0 aliphatic heterocycles. The van der Waals surface area contributed by atoms with Crippen LogP contribution in [0.5, 0.6) is 0 Å². The highest BCUT2D eigenvalue weighted by Crippen LogP contribution is 2.44. The van der Waals surface area contributed by atoms with Crippen LogP contribution < -0.4 is 0 Å². The van der Waals surface area contributed by atoms with Gasteiger partial charge in [0.2, 0.25) is 0 Å². The average molecular weight is 643 g/mol. The van der Waals surface area contributed by atoms with Crippen molar-refractivity contribution in [2.75, 3.05) is 0 Å². The third kappa shape index (κ3) is 5.50. The standard InChI is InChI=1S/C46H30N2S/c1-3-9-35(10-4-1)43-27-25-37(29-47-43)31-17-21-33(22-18-31)39-13-7-15-41-42-16-8-14-40(46(42)49-45(39)41)34-23-19-32(20-24-34)38-26-28-44(48-30-38)36-11-5-2-6-12-36/h1-30H. The van der Waals surface area contributed by atoms with Crippen molar-refractivity contribution < 1.29 is 0 Å². The second kappa shape index (κ2) is 12.5. The molecule has 9 aromatic rings. The molecule has 0 unspecified atom stereocenters. The lowest BCUT2D eigenvalue weighted by Gasteiger charge is -2.07. The van der Waals surface area contributed by atoms with E-state index in [4.69, 9.17) is 9.97 Å². The van der Waals surface area contributed by atoms with E-state index in [1.165, 1.54) is 42.4 Å². The van der Waals surface area contributed by atoms with Gasteiger partial charge in [0.05, 0.1) is 11.4 Å². The molecule has 230 valence electrons. The molecule has 0 saturated carbocycles. The smallest absolute Gasteiger partial charge is 0.0702 e. The molecule has 2 nitrogen and oxygen atoms in total. The van der Waals surface area contributed by atoms with Crippen LogP contribution in [0.2, 0.25) is 0 Å². The largest absolute Gasteiger partial charge is 0.256 e. The number of hydrogen-bond donors (Lipinski definition) is 0. The number of rotatable bonds is 6. The van der Waals surface area contributed by atoms with E-state index in [1.54, 1.807) is 0 Å². The summed E-state index contributed by atoms with van der Waals surface area (Å²) in [7, 11) is 0. The first kappa shape index (κ1) is 29.0. The molecular formula is C46H30N2S. The molecule has 6 aromatic carbocycles. The Bertz CT molecular complexity index is 2350. The SMILES string of the molecule is c1ccc(-c2ccc(-c3ccc(-c4cccc5c4sc4c(-c6ccc(-c7ccc(-c8ccccc8)nc7)cc6)cccc45)cc3)cn2)cc1. The first-order valence-electron chi connectivity index (χ1n) is 16.5. The topological polar surface area (TPSA) is 25.8 Å². The lowest BCUT2D eigenvalue weighted by atomic mass is 9.98. The second-order valence-corrected chi connectivity index (χ2v) is 13.2. The third-order valence-electron chi connectivity index (χ3n) is 9.25. The van der Waals surface area contributed by atoms with Crippen LogP contribution >= 0.6 is 11.3 Å². The van der Waals surface area contributed by atoms with Crippen LogP contribution in [0.1, 0.15) is 0 Å². The van der Waals surface area contributed by atoms with Gasteiger partial charge < -0.3 is 0 Å². The van der Waals surface area contributed by atoms with Gasteiger partial charge in [0, 0.05) is 54.8 Å². The maximum Gasteiger partial charge on any atom is 0.0702 e. The fourth-order valence-electron chi connectivity index (χ4n) is 6.65. The van der Waals surface area contributed by atoms with E-state index < -0.39 is 0 Å². The number of fused-ring (bicyclic) bond motifs is 3. The molecule has 0 aliphatic rings. The van der Waals surface area contributed by atoms with Crippen molar-refractivity contribution in [2.24, 2.45) is 0 Å². The monoisotopic (exact) mass is 642 g/mol. The Labute approximate surface area is 289 Å². The van der Waals surface area contributed by atoms with Crippen molar-refractivity contribution in [3.05, 3.63) is 182 Å². The van der Waals surface area contributed by atoms with Crippen LogP contribution in [0.15, 0.2) is 182 Å². The van der Waals surface area contributed by atoms with Crippen molar-refractivity contribution in [1.29, 1.82) is 0 Å². The van der Waals surface area contributed by atoms with Crippen LogP contribution in [0, 0.1) is 0 Å². The Hall–Kier alpha value is -6.16. The summed E-state index contributed by atoms with van der Waals surface area (Å²) in [6, 6.07) is 60.3. The molecular weight excluding hydrogens is 613 g/mol. The van der Waals surface area contributed by atoms with Gasteiger partial charge in [-0.3, -0.25) is 9.97 Å². The molecule has 9 rings (SSSR count). The normalized spacial score (nSPS) is 11.3. The highest BCUT2D eigenvalue weighted by atomic mass is 32.1. The summed E-state index contributed by atoms with van der Waals surface area (Å²) in [6.07, 6.45) is 3.94. The van der Waals surface area contributed by atoms with Crippen LogP contribution in [0.25, 0.3) is 87.2 Å². The Morgan fingerprint density at radius 3 is 1.06 bits per heavy atom. The van der Waals surface area contributed by atoms with E-state index in [2.05, 4.69) is 133 Å². The van der Waals surface area contributed by atoms with Gasteiger partial charge in [-0.15, -0.1) is 11.3 Å². The van der Waals surface area contributed by atoms with Gasteiger partial charge in [0.25, 0.3) is 0 Å². The summed E-state index contributed by atoms with van der Waals surface area (Å²) in [5, 5.41) is 2.59. The fraction of sp³-hybridized carbons (Fsp3) is 0. The molecule has 3 heteroatoms. The van der Waals surface area contributed by atoms with E-state index in [-0.39, 0.29) is 0 Å². The van der Waals surface area contributed by atoms with E-state index in [0.717, 1.165) is 44.8 Å². The minimum atomic E-state index is 0.985. The number of hydrogen-bond acceptors (Lipinski definition) is 3. The quantitative estimate of drug-likeness (QED) is 0.180. The number of aromatic nitrogens is 2. The number of benzene rings is 6. The lowest BCUT2D eigenvalue weighted by molar-refractivity contribution is 1.32. The minimum Gasteiger partial charge on any atom is -0.256 e. The highest BCUT2D eigenvalue weighted by Gasteiger charge is 2.14. The molecule has 3 aromatic heterocycles. The maximum atomic E-state index is 4.74. The average Bonchev–Trinajstić information content (AvgIpc) is 3.58. The molecule has 0 spiro atoms. The van der Waals surface area contributed by atoms with Gasteiger partial charge in [0.1, 0.15) is 0 Å². The molecule has 49 heavy (non-hydrogen) atoms. The zero-order chi connectivity index (χ0) is 32.6. The minimum absolute atomic E-state index is 0.985.